The van der Waals surface area contributed by atoms with Gasteiger partial charge in [-0.05, 0) is 29.3 Å². The van der Waals surface area contributed by atoms with Crippen LogP contribution in [-0.4, -0.2) is 60.4 Å². The normalized spacial score (nSPS) is 15.3. The van der Waals surface area contributed by atoms with Crippen molar-refractivity contribution in [1.29, 1.82) is 0 Å². The van der Waals surface area contributed by atoms with Gasteiger partial charge in [0.2, 0.25) is 0 Å². The highest BCUT2D eigenvalue weighted by atomic mass is 16.6. The molecule has 4 rings (SSSR count). The van der Waals surface area contributed by atoms with Crippen molar-refractivity contribution in [3.63, 3.8) is 0 Å². The maximum atomic E-state index is 11.3. The lowest BCUT2D eigenvalue weighted by Crippen LogP contribution is -2.49. The smallest absolute Gasteiger partial charge is 0.292 e. The summed E-state index contributed by atoms with van der Waals surface area (Å²) in [6.07, 6.45) is -0.610. The second kappa shape index (κ2) is 10.3. The molecule has 32 heavy (non-hydrogen) atoms. The van der Waals surface area contributed by atoms with E-state index in [1.807, 2.05) is 53.4 Å². The molecule has 3 aromatic carbocycles. The molecule has 1 aliphatic rings. The molecule has 0 radical (unpaired) electrons. The summed E-state index contributed by atoms with van der Waals surface area (Å²) in [5.74, 6) is 0.727. The zero-order valence-electron chi connectivity index (χ0n) is 17.8. The Morgan fingerprint density at radius 3 is 2.19 bits per heavy atom. The third-order valence-corrected chi connectivity index (χ3v) is 5.66. The van der Waals surface area contributed by atoms with Crippen LogP contribution < -0.4 is 9.64 Å². The zero-order valence-corrected chi connectivity index (χ0v) is 17.8. The second-order valence-corrected chi connectivity index (χ2v) is 7.89. The van der Waals surface area contributed by atoms with Gasteiger partial charge in [-0.2, -0.15) is 0 Å². The van der Waals surface area contributed by atoms with Gasteiger partial charge in [-0.1, -0.05) is 54.6 Å². The molecule has 3 aromatic rings. The molecule has 166 valence electrons. The zero-order chi connectivity index (χ0) is 22.3. The molecule has 1 fully saturated rings. The van der Waals surface area contributed by atoms with Gasteiger partial charge < -0.3 is 14.7 Å². The predicted octanol–water partition coefficient (Wildman–Crippen LogP) is 3.82. The van der Waals surface area contributed by atoms with E-state index in [1.54, 1.807) is 12.1 Å². The molecule has 1 atom stereocenters. The largest absolute Gasteiger partial charge is 0.491 e. The summed E-state index contributed by atoms with van der Waals surface area (Å²) < 4.78 is 5.77. The minimum absolute atomic E-state index is 0.132. The number of ether oxygens (including phenoxy) is 1. The molecule has 7 nitrogen and oxygen atoms in total. The van der Waals surface area contributed by atoms with E-state index >= 15 is 0 Å². The van der Waals surface area contributed by atoms with E-state index in [1.165, 1.54) is 6.07 Å². The van der Waals surface area contributed by atoms with Crippen molar-refractivity contribution in [1.82, 2.24) is 4.90 Å². The fourth-order valence-electron chi connectivity index (χ4n) is 3.97. The Kier molecular flexibility index (Phi) is 6.99. The molecule has 0 saturated carbocycles. The van der Waals surface area contributed by atoms with E-state index in [9.17, 15) is 15.2 Å². The van der Waals surface area contributed by atoms with Crippen LogP contribution in [0.1, 0.15) is 0 Å². The maximum Gasteiger partial charge on any atom is 0.292 e. The highest BCUT2D eigenvalue weighted by molar-refractivity contribution is 5.64. The van der Waals surface area contributed by atoms with E-state index in [0.717, 1.165) is 30.0 Å². The number of aliphatic hydroxyl groups excluding tert-OH is 1. The molecule has 0 aromatic heterocycles. The van der Waals surface area contributed by atoms with Crippen LogP contribution in [0.5, 0.6) is 5.75 Å². The van der Waals surface area contributed by atoms with Crippen LogP contribution >= 0.6 is 0 Å². The number of hydrogen-bond donors (Lipinski definition) is 1. The Morgan fingerprint density at radius 1 is 0.875 bits per heavy atom. The number of β-amino-alcohol motifs (C(OH)–C–C–N with tert-alkyl or cyclic N) is 1. The van der Waals surface area contributed by atoms with Crippen molar-refractivity contribution in [2.24, 2.45) is 0 Å². The van der Waals surface area contributed by atoms with Crippen molar-refractivity contribution in [2.45, 2.75) is 6.10 Å². The summed E-state index contributed by atoms with van der Waals surface area (Å²) in [5, 5.41) is 21.7. The van der Waals surface area contributed by atoms with Crippen molar-refractivity contribution in [2.75, 3.05) is 44.2 Å². The van der Waals surface area contributed by atoms with Crippen LogP contribution in [0.4, 0.5) is 11.4 Å². The second-order valence-electron chi connectivity index (χ2n) is 7.89. The number of nitro groups is 1. The summed E-state index contributed by atoms with van der Waals surface area (Å²) in [6.45, 7) is 3.55. The number of para-hydroxylation sites is 2. The first kappa shape index (κ1) is 21.8. The standard InChI is InChI=1S/C25H27N3O4/c29-22(19-32-23-12-10-21(11-13-23)20-6-2-1-3-7-20)18-26-14-16-27(17-15-26)24-8-4-5-9-25(24)28(30)31/h1-13,22,29H,14-19H2. The number of rotatable bonds is 8. The topological polar surface area (TPSA) is 79.1 Å². The molecule has 0 bridgehead atoms. The third kappa shape index (κ3) is 5.43. The minimum atomic E-state index is -0.610. The van der Waals surface area contributed by atoms with E-state index in [4.69, 9.17) is 4.74 Å². The lowest BCUT2D eigenvalue weighted by molar-refractivity contribution is -0.384. The summed E-state index contributed by atoms with van der Waals surface area (Å²) in [5.41, 5.74) is 3.06. The van der Waals surface area contributed by atoms with Gasteiger partial charge in [-0.3, -0.25) is 15.0 Å². The summed E-state index contributed by atoms with van der Waals surface area (Å²) in [7, 11) is 0. The van der Waals surface area contributed by atoms with Gasteiger partial charge in [0.25, 0.3) is 5.69 Å². The third-order valence-electron chi connectivity index (χ3n) is 5.66. The number of aliphatic hydroxyl groups is 1. The average molecular weight is 434 g/mol. The molecular formula is C25H27N3O4. The van der Waals surface area contributed by atoms with Crippen molar-refractivity contribution in [3.05, 3.63) is 89.0 Å². The van der Waals surface area contributed by atoms with E-state index in [-0.39, 0.29) is 17.2 Å². The number of piperazine rings is 1. The Labute approximate surface area is 187 Å². The maximum absolute atomic E-state index is 11.3. The highest BCUT2D eigenvalue weighted by Gasteiger charge is 2.24. The molecule has 0 amide bonds. The number of hydrogen-bond acceptors (Lipinski definition) is 6. The Morgan fingerprint density at radius 2 is 1.50 bits per heavy atom. The van der Waals surface area contributed by atoms with Gasteiger partial charge in [-0.15, -0.1) is 0 Å². The lowest BCUT2D eigenvalue weighted by Gasteiger charge is -2.36. The SMILES string of the molecule is O=[N+]([O-])c1ccccc1N1CCN(CC(O)COc2ccc(-c3ccccc3)cc2)CC1. The molecule has 1 heterocycles. The molecule has 7 heteroatoms. The molecule has 1 saturated heterocycles. The number of nitrogens with zero attached hydrogens (tertiary/aromatic N) is 3. The predicted molar refractivity (Wildman–Crippen MR) is 125 cm³/mol. The lowest BCUT2D eigenvalue weighted by atomic mass is 10.1. The van der Waals surface area contributed by atoms with Gasteiger partial charge >= 0.3 is 0 Å². The first-order chi connectivity index (χ1) is 15.6. The summed E-state index contributed by atoms with van der Waals surface area (Å²) >= 11 is 0. The number of benzene rings is 3. The van der Waals surface area contributed by atoms with Gasteiger partial charge in [0.15, 0.2) is 0 Å². The van der Waals surface area contributed by atoms with Crippen LogP contribution in [-0.2, 0) is 0 Å². The minimum Gasteiger partial charge on any atom is -0.491 e. The average Bonchev–Trinajstić information content (AvgIpc) is 2.84. The Hall–Kier alpha value is -3.42. The van der Waals surface area contributed by atoms with Crippen LogP contribution in [0.2, 0.25) is 0 Å². The Balaban J connectivity index is 1.23. The van der Waals surface area contributed by atoms with Crippen molar-refractivity contribution in [3.8, 4) is 16.9 Å². The van der Waals surface area contributed by atoms with Gasteiger partial charge in [0.05, 0.1) is 4.92 Å². The molecular weight excluding hydrogens is 406 g/mol. The first-order valence-electron chi connectivity index (χ1n) is 10.8. The van der Waals surface area contributed by atoms with E-state index in [2.05, 4.69) is 17.0 Å². The molecule has 1 unspecified atom stereocenters. The van der Waals surface area contributed by atoms with Crippen LogP contribution in [0.3, 0.4) is 0 Å². The quantitative estimate of drug-likeness (QED) is 0.430. The number of nitro benzene ring substituents is 1. The van der Waals surface area contributed by atoms with Crippen LogP contribution in [0.25, 0.3) is 11.1 Å². The van der Waals surface area contributed by atoms with E-state index in [0.29, 0.717) is 25.3 Å². The molecule has 0 spiro atoms. The van der Waals surface area contributed by atoms with Crippen LogP contribution in [0.15, 0.2) is 78.9 Å². The highest BCUT2D eigenvalue weighted by Crippen LogP contribution is 2.28. The first-order valence-corrected chi connectivity index (χ1v) is 10.8. The van der Waals surface area contributed by atoms with E-state index < -0.39 is 6.10 Å². The molecule has 1 aliphatic heterocycles. The monoisotopic (exact) mass is 433 g/mol. The van der Waals surface area contributed by atoms with Crippen LogP contribution in [0, 0.1) is 10.1 Å². The number of anilines is 1. The Bertz CT molecular complexity index is 1020. The molecule has 0 aliphatic carbocycles. The van der Waals surface area contributed by atoms with Gasteiger partial charge in [0, 0.05) is 38.8 Å². The fourth-order valence-corrected chi connectivity index (χ4v) is 3.97. The van der Waals surface area contributed by atoms with Crippen molar-refractivity contribution < 1.29 is 14.8 Å². The fraction of sp³-hybridized carbons (Fsp3) is 0.280. The molecule has 1 N–H and O–H groups in total. The van der Waals surface area contributed by atoms with Gasteiger partial charge in [-0.25, -0.2) is 0 Å². The summed E-state index contributed by atoms with van der Waals surface area (Å²) in [6, 6.07) is 24.8. The summed E-state index contributed by atoms with van der Waals surface area (Å²) in [4.78, 5) is 15.1. The van der Waals surface area contributed by atoms with Crippen molar-refractivity contribution >= 4 is 11.4 Å². The van der Waals surface area contributed by atoms with Gasteiger partial charge in [0.1, 0.15) is 24.1 Å².